The number of hydrogen-bond donors (Lipinski definition) is 1. The summed E-state index contributed by atoms with van der Waals surface area (Å²) in [5.41, 5.74) is 0.969. The molecular formula is C21H34Cl2N6O. The van der Waals surface area contributed by atoms with E-state index in [-0.39, 0.29) is 36.9 Å². The summed E-state index contributed by atoms with van der Waals surface area (Å²) in [4.78, 5) is 33.0. The quantitative estimate of drug-likeness (QED) is 0.722. The Labute approximate surface area is 191 Å². The molecule has 1 unspecified atom stereocenters. The Kier molecular flexibility index (Phi) is 7.69. The third-order valence-corrected chi connectivity index (χ3v) is 6.70. The molecule has 4 aliphatic rings. The number of urea groups is 1. The number of imidazole rings is 1. The van der Waals surface area contributed by atoms with Gasteiger partial charge in [-0.2, -0.15) is 0 Å². The fourth-order valence-corrected chi connectivity index (χ4v) is 5.27. The molecule has 0 radical (unpaired) electrons. The van der Waals surface area contributed by atoms with Crippen LogP contribution in [0.2, 0.25) is 0 Å². The first-order valence-corrected chi connectivity index (χ1v) is 11.2. The maximum atomic E-state index is 13.2. The second-order valence-corrected chi connectivity index (χ2v) is 8.81. The predicted octanol–water partition coefficient (Wildman–Crippen LogP) is 4.18. The number of anilines is 1. The first-order valence-electron chi connectivity index (χ1n) is 11.2. The van der Waals surface area contributed by atoms with Gasteiger partial charge in [0.25, 0.3) is 0 Å². The summed E-state index contributed by atoms with van der Waals surface area (Å²) in [7, 11) is 0. The standard InChI is InChI=1S/C21H32N6O.2ClH/c1-2-10-26-20-17(23-18(24-20)15-8-4-5-9-15)19-22-16(14-27(19)21(26)28)13-25-11-6-3-7-12-25;;/h15-16H,2-14H2,1H3,(H,23,24);2*1H. The molecule has 30 heavy (non-hydrogen) atoms. The third kappa shape index (κ3) is 4.21. The minimum Gasteiger partial charge on any atom is -0.337 e. The van der Waals surface area contributed by atoms with E-state index in [2.05, 4.69) is 16.8 Å². The van der Waals surface area contributed by atoms with E-state index >= 15 is 0 Å². The van der Waals surface area contributed by atoms with Gasteiger partial charge in [-0.3, -0.25) is 14.8 Å². The van der Waals surface area contributed by atoms with Crippen LogP contribution in [0.25, 0.3) is 0 Å². The molecule has 1 aromatic heterocycles. The lowest BCUT2D eigenvalue weighted by Crippen LogP contribution is -2.51. The summed E-state index contributed by atoms with van der Waals surface area (Å²) in [5, 5.41) is 0. The second kappa shape index (κ2) is 9.88. The number of carbonyl (C=O) groups excluding carboxylic acids is 1. The van der Waals surface area contributed by atoms with Crippen LogP contribution in [0.15, 0.2) is 4.99 Å². The Morgan fingerprint density at radius 2 is 1.80 bits per heavy atom. The van der Waals surface area contributed by atoms with Crippen molar-refractivity contribution in [3.8, 4) is 0 Å². The molecule has 1 aliphatic carbocycles. The van der Waals surface area contributed by atoms with Crippen LogP contribution >= 0.6 is 24.8 Å². The maximum absolute atomic E-state index is 13.2. The van der Waals surface area contributed by atoms with Gasteiger partial charge in [-0.05, 0) is 45.2 Å². The van der Waals surface area contributed by atoms with E-state index in [4.69, 9.17) is 9.98 Å². The molecule has 3 aliphatic heterocycles. The van der Waals surface area contributed by atoms with Crippen molar-refractivity contribution in [2.45, 2.75) is 70.3 Å². The fourth-order valence-electron chi connectivity index (χ4n) is 5.27. The zero-order chi connectivity index (χ0) is 19.1. The number of carbonyl (C=O) groups is 1. The number of nitrogens with one attached hydrogen (secondary N) is 1. The lowest BCUT2D eigenvalue weighted by molar-refractivity contribution is 0.206. The number of aromatic amines is 1. The van der Waals surface area contributed by atoms with Crippen molar-refractivity contribution in [3.63, 3.8) is 0 Å². The highest BCUT2D eigenvalue weighted by Gasteiger charge is 2.43. The van der Waals surface area contributed by atoms with Crippen LogP contribution in [0.1, 0.15) is 75.7 Å². The van der Waals surface area contributed by atoms with Crippen molar-refractivity contribution >= 4 is 42.5 Å². The van der Waals surface area contributed by atoms with Crippen molar-refractivity contribution in [1.29, 1.82) is 0 Å². The highest BCUT2D eigenvalue weighted by atomic mass is 35.5. The monoisotopic (exact) mass is 456 g/mol. The van der Waals surface area contributed by atoms with E-state index in [1.165, 1.54) is 58.0 Å². The van der Waals surface area contributed by atoms with Gasteiger partial charge >= 0.3 is 6.03 Å². The minimum absolute atomic E-state index is 0. The van der Waals surface area contributed by atoms with Crippen LogP contribution in [-0.4, -0.2) is 70.4 Å². The van der Waals surface area contributed by atoms with E-state index < -0.39 is 0 Å². The molecule has 1 N–H and O–H groups in total. The molecule has 7 nitrogen and oxygen atoms in total. The summed E-state index contributed by atoms with van der Waals surface area (Å²) in [5.74, 6) is 3.19. The first-order chi connectivity index (χ1) is 13.7. The fraction of sp³-hybridized carbons (Fsp3) is 0.762. The van der Waals surface area contributed by atoms with E-state index in [0.29, 0.717) is 19.0 Å². The van der Waals surface area contributed by atoms with Crippen molar-refractivity contribution in [2.24, 2.45) is 4.99 Å². The number of fused-ring (bicyclic) bond motifs is 3. The number of aromatic nitrogens is 2. The molecule has 0 bridgehead atoms. The number of amides is 2. The smallest absolute Gasteiger partial charge is 0.331 e. The Morgan fingerprint density at radius 1 is 1.07 bits per heavy atom. The minimum atomic E-state index is 0. The number of likely N-dealkylation sites (tertiary alicyclic amines) is 1. The zero-order valence-electron chi connectivity index (χ0n) is 17.8. The average Bonchev–Trinajstić information content (AvgIpc) is 3.44. The highest BCUT2D eigenvalue weighted by molar-refractivity contribution is 6.18. The van der Waals surface area contributed by atoms with Crippen molar-refractivity contribution in [3.05, 3.63) is 11.5 Å². The van der Waals surface area contributed by atoms with Crippen molar-refractivity contribution in [1.82, 2.24) is 19.8 Å². The SMILES string of the molecule is CCCN1C(=O)N2CC(CN3CCCCC3)N=C2c2[nH]c(C3CCCC3)nc21.Cl.Cl. The first kappa shape index (κ1) is 23.4. The molecule has 0 spiro atoms. The van der Waals surface area contributed by atoms with Crippen LogP contribution in [0.4, 0.5) is 10.6 Å². The van der Waals surface area contributed by atoms with Gasteiger partial charge in [-0.25, -0.2) is 9.78 Å². The molecule has 1 saturated carbocycles. The van der Waals surface area contributed by atoms with Gasteiger partial charge in [0.1, 0.15) is 11.5 Å². The van der Waals surface area contributed by atoms with Crippen LogP contribution in [0.3, 0.4) is 0 Å². The zero-order valence-corrected chi connectivity index (χ0v) is 19.4. The Bertz CT molecular complexity index is 770. The molecule has 168 valence electrons. The molecular weight excluding hydrogens is 423 g/mol. The third-order valence-electron chi connectivity index (χ3n) is 6.70. The Hall–Kier alpha value is -1.31. The predicted molar refractivity (Wildman–Crippen MR) is 125 cm³/mol. The van der Waals surface area contributed by atoms with Crippen LogP contribution in [-0.2, 0) is 0 Å². The molecule has 2 fully saturated rings. The summed E-state index contributed by atoms with van der Waals surface area (Å²) >= 11 is 0. The lowest BCUT2D eigenvalue weighted by Gasteiger charge is -2.32. The number of nitrogens with zero attached hydrogens (tertiary/aromatic N) is 5. The summed E-state index contributed by atoms with van der Waals surface area (Å²) in [6, 6.07) is 0.225. The lowest BCUT2D eigenvalue weighted by atomic mass is 10.1. The van der Waals surface area contributed by atoms with E-state index in [9.17, 15) is 4.79 Å². The van der Waals surface area contributed by atoms with Crippen molar-refractivity contribution in [2.75, 3.05) is 37.6 Å². The number of halogens is 2. The second-order valence-electron chi connectivity index (χ2n) is 8.81. The Balaban J connectivity index is 0.00000128. The van der Waals surface area contributed by atoms with Gasteiger partial charge in [0.05, 0.1) is 12.6 Å². The molecule has 1 saturated heterocycles. The number of amidine groups is 1. The van der Waals surface area contributed by atoms with E-state index in [0.717, 1.165) is 36.1 Å². The number of hydrogen-bond acceptors (Lipinski definition) is 4. The molecule has 4 heterocycles. The normalized spacial score (nSPS) is 24.2. The molecule has 1 aromatic rings. The largest absolute Gasteiger partial charge is 0.337 e. The van der Waals surface area contributed by atoms with Gasteiger partial charge in [-0.1, -0.05) is 26.2 Å². The average molecular weight is 457 g/mol. The van der Waals surface area contributed by atoms with Gasteiger partial charge in [0, 0.05) is 19.0 Å². The van der Waals surface area contributed by atoms with E-state index in [1.54, 1.807) is 0 Å². The molecule has 2 amide bonds. The topological polar surface area (TPSA) is 67.8 Å². The molecule has 0 aromatic carbocycles. The molecule has 1 atom stereocenters. The highest BCUT2D eigenvalue weighted by Crippen LogP contribution is 2.37. The number of H-pyrrole nitrogens is 1. The van der Waals surface area contributed by atoms with Crippen LogP contribution in [0.5, 0.6) is 0 Å². The van der Waals surface area contributed by atoms with Gasteiger partial charge < -0.3 is 9.88 Å². The summed E-state index contributed by atoms with van der Waals surface area (Å²) in [6.45, 7) is 6.81. The van der Waals surface area contributed by atoms with Crippen LogP contribution in [0, 0.1) is 0 Å². The number of rotatable bonds is 5. The summed E-state index contributed by atoms with van der Waals surface area (Å²) < 4.78 is 0. The van der Waals surface area contributed by atoms with Crippen LogP contribution < -0.4 is 4.90 Å². The van der Waals surface area contributed by atoms with Crippen molar-refractivity contribution < 1.29 is 4.79 Å². The number of piperidine rings is 1. The molecule has 9 heteroatoms. The Morgan fingerprint density at radius 3 is 2.50 bits per heavy atom. The van der Waals surface area contributed by atoms with Gasteiger partial charge in [0.2, 0.25) is 0 Å². The summed E-state index contributed by atoms with van der Waals surface area (Å²) in [6.07, 6.45) is 9.78. The number of aliphatic imine (C=N–C) groups is 1. The molecule has 5 rings (SSSR count). The van der Waals surface area contributed by atoms with Gasteiger partial charge in [-0.15, -0.1) is 24.8 Å². The van der Waals surface area contributed by atoms with E-state index in [1.807, 2.05) is 9.80 Å². The van der Waals surface area contributed by atoms with Gasteiger partial charge in [0.15, 0.2) is 11.7 Å². The maximum Gasteiger partial charge on any atom is 0.331 e.